The first kappa shape index (κ1) is 22.4. The quantitative estimate of drug-likeness (QED) is 0.353. The second kappa shape index (κ2) is 9.27. The van der Waals surface area contributed by atoms with Crippen LogP contribution in [0, 0.1) is 0 Å². The van der Waals surface area contributed by atoms with Crippen molar-refractivity contribution in [2.75, 3.05) is 14.2 Å². The summed E-state index contributed by atoms with van der Waals surface area (Å²) in [5, 5.41) is 11.6. The van der Waals surface area contributed by atoms with E-state index in [-0.39, 0.29) is 22.9 Å². The van der Waals surface area contributed by atoms with Crippen LogP contribution in [0.2, 0.25) is 0 Å². The van der Waals surface area contributed by atoms with Crippen LogP contribution in [0.1, 0.15) is 21.5 Å². The van der Waals surface area contributed by atoms with Crippen LogP contribution < -0.4 is 14.8 Å². The van der Waals surface area contributed by atoms with Gasteiger partial charge in [0, 0.05) is 7.05 Å². The Morgan fingerprint density at radius 1 is 1.29 bits per heavy atom. The molecule has 2 aromatic rings. The third kappa shape index (κ3) is 4.92. The Kier molecular flexibility index (Phi) is 6.71. The molecule has 1 saturated heterocycles. The van der Waals surface area contributed by atoms with E-state index in [2.05, 4.69) is 21.2 Å². The van der Waals surface area contributed by atoms with Gasteiger partial charge in [0.2, 0.25) is 0 Å². The molecule has 0 aromatic heterocycles. The predicted octanol–water partition coefficient (Wildman–Crippen LogP) is 2.99. The van der Waals surface area contributed by atoms with E-state index in [0.29, 0.717) is 27.1 Å². The molecule has 31 heavy (non-hydrogen) atoms. The monoisotopic (exact) mass is 504 g/mol. The number of thiocarbonyl (C=S) groups is 1. The highest BCUT2D eigenvalue weighted by Gasteiger charge is 2.30. The average Bonchev–Trinajstić information content (AvgIpc) is 2.74. The first-order valence-electron chi connectivity index (χ1n) is 8.89. The Balaban J connectivity index is 1.88. The van der Waals surface area contributed by atoms with Crippen molar-refractivity contribution >= 4 is 57.1 Å². The van der Waals surface area contributed by atoms with Crippen molar-refractivity contribution < 1.29 is 29.0 Å². The fourth-order valence-corrected chi connectivity index (χ4v) is 3.57. The fourth-order valence-electron chi connectivity index (χ4n) is 2.83. The SMILES string of the molecule is COc1cc(/C=C2\C(=O)NC(=S)N(C)C2=O)cc(Br)c1OCc1cccc(C(=O)O)c1. The molecule has 0 unspecified atom stereocenters. The van der Waals surface area contributed by atoms with Crippen molar-refractivity contribution in [1.82, 2.24) is 10.2 Å². The van der Waals surface area contributed by atoms with Crippen LogP contribution in [0.25, 0.3) is 6.08 Å². The number of halogens is 1. The lowest BCUT2D eigenvalue weighted by atomic mass is 10.1. The van der Waals surface area contributed by atoms with Gasteiger partial charge in [-0.15, -0.1) is 0 Å². The van der Waals surface area contributed by atoms with Gasteiger partial charge in [0.25, 0.3) is 11.8 Å². The molecule has 1 heterocycles. The molecular formula is C21H17BrN2O6S. The number of nitrogens with zero attached hydrogens (tertiary/aromatic N) is 1. The molecule has 160 valence electrons. The molecule has 0 spiro atoms. The number of carbonyl (C=O) groups excluding carboxylic acids is 2. The summed E-state index contributed by atoms with van der Waals surface area (Å²) in [6.45, 7) is 0.111. The van der Waals surface area contributed by atoms with Gasteiger partial charge in [0.05, 0.1) is 17.1 Å². The summed E-state index contributed by atoms with van der Waals surface area (Å²) in [7, 11) is 2.94. The van der Waals surface area contributed by atoms with Crippen LogP contribution in [-0.2, 0) is 16.2 Å². The number of carbonyl (C=O) groups is 3. The van der Waals surface area contributed by atoms with Gasteiger partial charge < -0.3 is 14.6 Å². The Morgan fingerprint density at radius 3 is 2.71 bits per heavy atom. The zero-order valence-corrected chi connectivity index (χ0v) is 18.9. The van der Waals surface area contributed by atoms with E-state index in [1.807, 2.05) is 0 Å². The minimum atomic E-state index is -1.02. The maximum atomic E-state index is 12.4. The normalized spacial score (nSPS) is 15.1. The standard InChI is InChI=1S/C21H17BrN2O6S/c1-24-19(26)14(18(25)23-21(24)31)7-12-8-15(22)17(16(9-12)29-2)30-10-11-4-3-5-13(6-11)20(27)28/h3-9H,10H2,1-2H3,(H,27,28)(H,23,25,31)/b14-7+. The molecule has 1 fully saturated rings. The van der Waals surface area contributed by atoms with Crippen LogP contribution in [0.5, 0.6) is 11.5 Å². The van der Waals surface area contributed by atoms with Crippen LogP contribution in [-0.4, -0.2) is 47.1 Å². The van der Waals surface area contributed by atoms with Crippen molar-refractivity contribution in [3.05, 3.63) is 63.1 Å². The van der Waals surface area contributed by atoms with E-state index in [4.69, 9.17) is 26.8 Å². The molecule has 8 nitrogen and oxygen atoms in total. The first-order valence-corrected chi connectivity index (χ1v) is 10.1. The minimum absolute atomic E-state index is 0.0432. The van der Waals surface area contributed by atoms with Crippen molar-refractivity contribution in [3.8, 4) is 11.5 Å². The number of methoxy groups -OCH3 is 1. The van der Waals surface area contributed by atoms with Crippen LogP contribution >= 0.6 is 28.1 Å². The highest BCUT2D eigenvalue weighted by Crippen LogP contribution is 2.38. The third-order valence-electron chi connectivity index (χ3n) is 4.42. The molecular weight excluding hydrogens is 488 g/mol. The molecule has 0 radical (unpaired) electrons. The smallest absolute Gasteiger partial charge is 0.335 e. The highest BCUT2D eigenvalue weighted by molar-refractivity contribution is 9.10. The summed E-state index contributed by atoms with van der Waals surface area (Å²) in [5.74, 6) is -1.36. The molecule has 2 amide bonds. The lowest BCUT2D eigenvalue weighted by molar-refractivity contribution is -0.128. The average molecular weight is 505 g/mol. The topological polar surface area (TPSA) is 105 Å². The number of nitrogens with one attached hydrogen (secondary N) is 1. The molecule has 0 bridgehead atoms. The number of ether oxygens (including phenoxy) is 2. The van der Waals surface area contributed by atoms with E-state index >= 15 is 0 Å². The summed E-state index contributed by atoms with van der Waals surface area (Å²) in [5.41, 5.74) is 1.30. The molecule has 10 heteroatoms. The van der Waals surface area contributed by atoms with Gasteiger partial charge >= 0.3 is 5.97 Å². The van der Waals surface area contributed by atoms with E-state index in [1.165, 1.54) is 37.3 Å². The molecule has 1 aliphatic rings. The zero-order chi connectivity index (χ0) is 22.7. The number of hydrogen-bond acceptors (Lipinski definition) is 6. The molecule has 3 rings (SSSR count). The molecule has 0 saturated carbocycles. The number of benzene rings is 2. The molecule has 0 aliphatic carbocycles. The molecule has 2 aromatic carbocycles. The van der Waals surface area contributed by atoms with E-state index < -0.39 is 17.8 Å². The summed E-state index contributed by atoms with van der Waals surface area (Å²) >= 11 is 8.36. The zero-order valence-electron chi connectivity index (χ0n) is 16.5. The molecule has 1 aliphatic heterocycles. The third-order valence-corrected chi connectivity index (χ3v) is 5.39. The van der Waals surface area contributed by atoms with Gasteiger partial charge in [-0.25, -0.2) is 4.79 Å². The maximum Gasteiger partial charge on any atom is 0.335 e. The van der Waals surface area contributed by atoms with E-state index in [9.17, 15) is 14.4 Å². The second-order valence-electron chi connectivity index (χ2n) is 6.51. The number of likely N-dealkylation sites (N-methyl/N-ethyl adjacent to an activating group) is 1. The van der Waals surface area contributed by atoms with Crippen molar-refractivity contribution in [2.24, 2.45) is 0 Å². The number of carboxylic acids is 1. The summed E-state index contributed by atoms with van der Waals surface area (Å²) in [4.78, 5) is 36.9. The Hall–Kier alpha value is -3.24. The van der Waals surface area contributed by atoms with Gasteiger partial charge in [-0.1, -0.05) is 12.1 Å². The van der Waals surface area contributed by atoms with Crippen LogP contribution in [0.15, 0.2) is 46.4 Å². The fraction of sp³-hybridized carbons (Fsp3) is 0.143. The second-order valence-corrected chi connectivity index (χ2v) is 7.75. The van der Waals surface area contributed by atoms with Gasteiger partial charge in [-0.3, -0.25) is 19.8 Å². The van der Waals surface area contributed by atoms with Gasteiger partial charge in [-0.05, 0) is 69.6 Å². The Morgan fingerprint density at radius 2 is 2.03 bits per heavy atom. The largest absolute Gasteiger partial charge is 0.493 e. The van der Waals surface area contributed by atoms with Gasteiger partial charge in [0.1, 0.15) is 12.2 Å². The summed E-state index contributed by atoms with van der Waals surface area (Å²) in [6.07, 6.45) is 1.43. The van der Waals surface area contributed by atoms with Crippen molar-refractivity contribution in [3.63, 3.8) is 0 Å². The van der Waals surface area contributed by atoms with E-state index in [1.54, 1.807) is 24.3 Å². The summed E-state index contributed by atoms with van der Waals surface area (Å²) in [6, 6.07) is 9.70. The van der Waals surface area contributed by atoms with Gasteiger partial charge in [0.15, 0.2) is 16.6 Å². The number of amides is 2. The summed E-state index contributed by atoms with van der Waals surface area (Å²) < 4.78 is 11.8. The lowest BCUT2D eigenvalue weighted by Gasteiger charge is -2.25. The number of carboxylic acid groups (broad SMARTS) is 1. The van der Waals surface area contributed by atoms with Crippen LogP contribution in [0.4, 0.5) is 0 Å². The first-order chi connectivity index (χ1) is 14.7. The minimum Gasteiger partial charge on any atom is -0.493 e. The highest BCUT2D eigenvalue weighted by atomic mass is 79.9. The number of hydrogen-bond donors (Lipinski definition) is 2. The molecule has 2 N–H and O–H groups in total. The number of aromatic carboxylic acids is 1. The maximum absolute atomic E-state index is 12.4. The predicted molar refractivity (Wildman–Crippen MR) is 120 cm³/mol. The van der Waals surface area contributed by atoms with Crippen LogP contribution in [0.3, 0.4) is 0 Å². The van der Waals surface area contributed by atoms with Crippen molar-refractivity contribution in [1.29, 1.82) is 0 Å². The van der Waals surface area contributed by atoms with E-state index in [0.717, 1.165) is 0 Å². The number of rotatable bonds is 6. The molecule has 0 atom stereocenters. The van der Waals surface area contributed by atoms with Crippen molar-refractivity contribution in [2.45, 2.75) is 6.61 Å². The van der Waals surface area contributed by atoms with Gasteiger partial charge in [-0.2, -0.15) is 0 Å². The lowest BCUT2D eigenvalue weighted by Crippen LogP contribution is -2.52. The Labute approximate surface area is 191 Å². The Bertz CT molecular complexity index is 1130.